The average Bonchev–Trinajstić information content (AvgIpc) is 3.37. The number of amides is 1. The molecule has 1 amide bonds. The van der Waals surface area contributed by atoms with Crippen LogP contribution in [-0.4, -0.2) is 10.9 Å². The Morgan fingerprint density at radius 3 is 2.86 bits per heavy atom. The summed E-state index contributed by atoms with van der Waals surface area (Å²) in [4.78, 5) is 16.8. The van der Waals surface area contributed by atoms with Crippen molar-refractivity contribution in [2.24, 2.45) is 0 Å². The molecular formula is C23H20N2O3. The van der Waals surface area contributed by atoms with Crippen molar-refractivity contribution < 1.29 is 13.6 Å². The number of carbonyl (C=O) groups is 1. The van der Waals surface area contributed by atoms with Gasteiger partial charge in [0.05, 0.1) is 6.26 Å². The van der Waals surface area contributed by atoms with E-state index < -0.39 is 0 Å². The number of rotatable bonds is 5. The van der Waals surface area contributed by atoms with Gasteiger partial charge in [0, 0.05) is 17.3 Å². The van der Waals surface area contributed by atoms with Crippen molar-refractivity contribution in [3.63, 3.8) is 0 Å². The van der Waals surface area contributed by atoms with Crippen molar-refractivity contribution in [3.05, 3.63) is 77.8 Å². The maximum atomic E-state index is 12.2. The van der Waals surface area contributed by atoms with Crippen LogP contribution >= 0.6 is 0 Å². The lowest BCUT2D eigenvalue weighted by Crippen LogP contribution is -2.09. The Bertz CT molecular complexity index is 1150. The molecule has 1 N–H and O–H groups in total. The number of carbonyl (C=O) groups excluding carboxylic acids is 1. The predicted octanol–water partition coefficient (Wildman–Crippen LogP) is 5.61. The molecule has 0 fully saturated rings. The molecule has 5 nitrogen and oxygen atoms in total. The zero-order valence-electron chi connectivity index (χ0n) is 15.7. The number of fused-ring (bicyclic) bond motifs is 1. The molecule has 5 heteroatoms. The van der Waals surface area contributed by atoms with Gasteiger partial charge in [-0.1, -0.05) is 19.1 Å². The molecule has 0 aliphatic heterocycles. The molecule has 0 atom stereocenters. The quantitative estimate of drug-likeness (QED) is 0.462. The van der Waals surface area contributed by atoms with Crippen LogP contribution in [0.25, 0.3) is 28.6 Å². The second kappa shape index (κ2) is 7.56. The van der Waals surface area contributed by atoms with Crippen molar-refractivity contribution in [2.45, 2.75) is 20.3 Å². The van der Waals surface area contributed by atoms with Crippen LogP contribution in [0.3, 0.4) is 0 Å². The van der Waals surface area contributed by atoms with Gasteiger partial charge in [0.15, 0.2) is 5.58 Å². The van der Waals surface area contributed by atoms with Crippen molar-refractivity contribution in [1.29, 1.82) is 0 Å². The third-order valence-electron chi connectivity index (χ3n) is 4.54. The summed E-state index contributed by atoms with van der Waals surface area (Å²) in [5, 5.41) is 2.90. The first-order chi connectivity index (χ1) is 13.6. The number of nitrogens with one attached hydrogen (secondary N) is 1. The number of hydrogen-bond donors (Lipinski definition) is 1. The molecule has 0 aliphatic carbocycles. The molecule has 140 valence electrons. The van der Waals surface area contributed by atoms with Crippen LogP contribution in [0.2, 0.25) is 0 Å². The third-order valence-corrected chi connectivity index (χ3v) is 4.54. The maximum Gasteiger partial charge on any atom is 0.248 e. The summed E-state index contributed by atoms with van der Waals surface area (Å²) < 4.78 is 11.1. The lowest BCUT2D eigenvalue weighted by atomic mass is 10.1. The van der Waals surface area contributed by atoms with Gasteiger partial charge in [-0.3, -0.25) is 4.79 Å². The topological polar surface area (TPSA) is 68.3 Å². The van der Waals surface area contributed by atoms with Gasteiger partial charge < -0.3 is 14.2 Å². The monoisotopic (exact) mass is 372 g/mol. The first kappa shape index (κ1) is 17.8. The summed E-state index contributed by atoms with van der Waals surface area (Å²) >= 11 is 0. The Hall–Kier alpha value is -3.60. The number of aryl methyl sites for hydroxylation is 2. The average molecular weight is 372 g/mol. The fourth-order valence-electron chi connectivity index (χ4n) is 2.92. The smallest absolute Gasteiger partial charge is 0.248 e. The van der Waals surface area contributed by atoms with Crippen molar-refractivity contribution in [3.8, 4) is 11.5 Å². The van der Waals surface area contributed by atoms with Crippen molar-refractivity contribution in [2.75, 3.05) is 5.32 Å². The number of oxazole rings is 1. The Labute approximate surface area is 162 Å². The number of benzene rings is 2. The van der Waals surface area contributed by atoms with Crippen LogP contribution in [0.15, 0.2) is 69.7 Å². The largest absolute Gasteiger partial charge is 0.465 e. The van der Waals surface area contributed by atoms with E-state index in [1.807, 2.05) is 43.3 Å². The molecule has 0 radical (unpaired) electrons. The van der Waals surface area contributed by atoms with Crippen LogP contribution in [0, 0.1) is 6.92 Å². The number of aromatic nitrogens is 1. The standard InChI is InChI=1S/C23H20N2O3/c1-3-16-7-10-21-20(13-16)25-23(28-21)17-8-6-15(2)19(14-17)24-22(26)11-9-18-5-4-12-27-18/h4-14H,3H2,1-2H3,(H,24,26)/b11-9-. The van der Waals surface area contributed by atoms with Gasteiger partial charge in [0.1, 0.15) is 11.3 Å². The minimum absolute atomic E-state index is 0.234. The highest BCUT2D eigenvalue weighted by Gasteiger charge is 2.11. The zero-order valence-corrected chi connectivity index (χ0v) is 15.7. The Kier molecular flexibility index (Phi) is 4.81. The second-order valence-corrected chi connectivity index (χ2v) is 6.54. The number of hydrogen-bond acceptors (Lipinski definition) is 4. The number of nitrogens with zero attached hydrogens (tertiary/aromatic N) is 1. The molecule has 2 aromatic heterocycles. The molecule has 2 heterocycles. The van der Waals surface area contributed by atoms with E-state index in [2.05, 4.69) is 17.2 Å². The summed E-state index contributed by atoms with van der Waals surface area (Å²) in [6.07, 6.45) is 5.58. The SMILES string of the molecule is CCc1ccc2oc(-c3ccc(C)c(NC(=O)/C=C\c4ccco4)c3)nc2c1. The summed E-state index contributed by atoms with van der Waals surface area (Å²) in [5.41, 5.74) is 5.27. The molecular weight excluding hydrogens is 352 g/mol. The van der Waals surface area contributed by atoms with E-state index >= 15 is 0 Å². The minimum Gasteiger partial charge on any atom is -0.465 e. The van der Waals surface area contributed by atoms with Crippen LogP contribution in [-0.2, 0) is 11.2 Å². The lowest BCUT2D eigenvalue weighted by molar-refractivity contribution is -0.111. The summed E-state index contributed by atoms with van der Waals surface area (Å²) in [5.74, 6) is 0.922. The van der Waals surface area contributed by atoms with Crippen LogP contribution in [0.5, 0.6) is 0 Å². The molecule has 0 saturated carbocycles. The molecule has 0 saturated heterocycles. The van der Waals surface area contributed by atoms with Crippen LogP contribution in [0.1, 0.15) is 23.8 Å². The fraction of sp³-hybridized carbons (Fsp3) is 0.130. The second-order valence-electron chi connectivity index (χ2n) is 6.54. The van der Waals surface area contributed by atoms with Gasteiger partial charge in [-0.15, -0.1) is 0 Å². The minimum atomic E-state index is -0.234. The van der Waals surface area contributed by atoms with E-state index in [0.29, 0.717) is 17.3 Å². The molecule has 2 aromatic carbocycles. The van der Waals surface area contributed by atoms with E-state index in [1.54, 1.807) is 24.5 Å². The molecule has 0 bridgehead atoms. The fourth-order valence-corrected chi connectivity index (χ4v) is 2.92. The van der Waals surface area contributed by atoms with E-state index in [-0.39, 0.29) is 5.91 Å². The van der Waals surface area contributed by atoms with Gasteiger partial charge in [-0.05, 0) is 66.9 Å². The van der Waals surface area contributed by atoms with E-state index in [0.717, 1.165) is 28.6 Å². The van der Waals surface area contributed by atoms with Crippen molar-refractivity contribution >= 4 is 28.8 Å². The highest BCUT2D eigenvalue weighted by Crippen LogP contribution is 2.28. The molecule has 0 aliphatic rings. The molecule has 4 rings (SSSR count). The highest BCUT2D eigenvalue weighted by atomic mass is 16.3. The first-order valence-electron chi connectivity index (χ1n) is 9.15. The van der Waals surface area contributed by atoms with Gasteiger partial charge in [0.25, 0.3) is 0 Å². The van der Waals surface area contributed by atoms with E-state index in [1.165, 1.54) is 11.6 Å². The first-order valence-corrected chi connectivity index (χ1v) is 9.15. The summed E-state index contributed by atoms with van der Waals surface area (Å²) in [6.45, 7) is 4.05. The Morgan fingerprint density at radius 2 is 2.07 bits per heavy atom. The maximum absolute atomic E-state index is 12.2. The number of furan rings is 1. The summed E-state index contributed by atoms with van der Waals surface area (Å²) in [7, 11) is 0. The van der Waals surface area contributed by atoms with Crippen LogP contribution in [0.4, 0.5) is 5.69 Å². The molecule has 4 aromatic rings. The van der Waals surface area contributed by atoms with Gasteiger partial charge >= 0.3 is 0 Å². The molecule has 28 heavy (non-hydrogen) atoms. The summed E-state index contributed by atoms with van der Waals surface area (Å²) in [6, 6.07) is 15.3. The molecule has 0 spiro atoms. The normalized spacial score (nSPS) is 11.4. The lowest BCUT2D eigenvalue weighted by Gasteiger charge is -2.07. The number of anilines is 1. The van der Waals surface area contributed by atoms with Crippen molar-refractivity contribution in [1.82, 2.24) is 4.98 Å². The van der Waals surface area contributed by atoms with Gasteiger partial charge in [-0.2, -0.15) is 0 Å². The highest BCUT2D eigenvalue weighted by molar-refractivity contribution is 6.02. The predicted molar refractivity (Wildman–Crippen MR) is 110 cm³/mol. The molecule has 0 unspecified atom stereocenters. The van der Waals surface area contributed by atoms with E-state index in [9.17, 15) is 4.79 Å². The zero-order chi connectivity index (χ0) is 19.5. The van der Waals surface area contributed by atoms with Gasteiger partial charge in [-0.25, -0.2) is 4.98 Å². The van der Waals surface area contributed by atoms with Gasteiger partial charge in [0.2, 0.25) is 11.8 Å². The Morgan fingerprint density at radius 1 is 1.18 bits per heavy atom. The van der Waals surface area contributed by atoms with Crippen LogP contribution < -0.4 is 5.32 Å². The van der Waals surface area contributed by atoms with E-state index in [4.69, 9.17) is 8.83 Å². The Balaban J connectivity index is 1.59. The third kappa shape index (κ3) is 3.74.